The van der Waals surface area contributed by atoms with Crippen LogP contribution in [0.15, 0.2) is 47.0 Å². The number of hydrogen-bond donors (Lipinski definition) is 1. The maximum atomic E-state index is 13.7. The first-order valence-corrected chi connectivity index (χ1v) is 8.16. The monoisotopic (exact) mass is 357 g/mol. The van der Waals surface area contributed by atoms with Crippen molar-refractivity contribution in [3.05, 3.63) is 65.6 Å². The normalized spacial score (nSPS) is 10.7. The Kier molecular flexibility index (Phi) is 5.36. The summed E-state index contributed by atoms with van der Waals surface area (Å²) in [5, 5.41) is 6.39. The Morgan fingerprint density at radius 2 is 1.92 bits per heavy atom. The first kappa shape index (κ1) is 17.7. The fraction of sp³-hybridized carbons (Fsp3) is 0.211. The van der Waals surface area contributed by atoms with Crippen molar-refractivity contribution in [2.24, 2.45) is 0 Å². The number of aryl methyl sites for hydroxylation is 2. The van der Waals surface area contributed by atoms with Gasteiger partial charge >= 0.3 is 0 Å². The topological polar surface area (TPSA) is 68.0 Å². The summed E-state index contributed by atoms with van der Waals surface area (Å²) in [6, 6.07) is 10.4. The lowest BCUT2D eigenvalue weighted by molar-refractivity contribution is -0.116. The van der Waals surface area contributed by atoms with E-state index in [1.807, 2.05) is 0 Å². The Bertz CT molecular complexity index is 907. The van der Waals surface area contributed by atoms with Gasteiger partial charge in [0.25, 0.3) is 0 Å². The van der Waals surface area contributed by atoms with E-state index in [1.54, 1.807) is 25.1 Å². The molecule has 0 bridgehead atoms. The molecule has 0 fully saturated rings. The van der Waals surface area contributed by atoms with Crippen LogP contribution in [-0.4, -0.2) is 16.0 Å². The third kappa shape index (κ3) is 4.50. The molecule has 0 unspecified atom stereocenters. The molecule has 134 valence electrons. The van der Waals surface area contributed by atoms with Crippen LogP contribution in [-0.2, 0) is 11.2 Å². The van der Waals surface area contributed by atoms with Gasteiger partial charge in [-0.15, -0.1) is 0 Å². The van der Waals surface area contributed by atoms with Crippen LogP contribution in [0.2, 0.25) is 0 Å². The van der Waals surface area contributed by atoms with Crippen molar-refractivity contribution in [1.82, 2.24) is 10.1 Å². The van der Waals surface area contributed by atoms with Gasteiger partial charge in [-0.3, -0.25) is 4.79 Å². The minimum Gasteiger partial charge on any atom is -0.339 e. The number of benzene rings is 2. The zero-order chi connectivity index (χ0) is 18.5. The number of halogens is 2. The van der Waals surface area contributed by atoms with E-state index in [0.29, 0.717) is 30.1 Å². The second-order valence-electron chi connectivity index (χ2n) is 5.90. The van der Waals surface area contributed by atoms with Gasteiger partial charge in [-0.1, -0.05) is 11.2 Å². The number of nitrogens with zero attached hydrogens (tertiary/aromatic N) is 2. The lowest BCUT2D eigenvalue weighted by Crippen LogP contribution is -2.12. The summed E-state index contributed by atoms with van der Waals surface area (Å²) in [5.41, 5.74) is 1.60. The van der Waals surface area contributed by atoms with E-state index in [9.17, 15) is 13.6 Å². The van der Waals surface area contributed by atoms with Gasteiger partial charge in [0, 0.05) is 18.4 Å². The number of carbonyl (C=O) groups is 1. The molecule has 7 heteroatoms. The minimum absolute atomic E-state index is 0.164. The van der Waals surface area contributed by atoms with Crippen molar-refractivity contribution in [3.63, 3.8) is 0 Å². The largest absolute Gasteiger partial charge is 0.339 e. The van der Waals surface area contributed by atoms with Gasteiger partial charge < -0.3 is 9.84 Å². The highest BCUT2D eigenvalue weighted by Crippen LogP contribution is 2.18. The van der Waals surface area contributed by atoms with Crippen LogP contribution < -0.4 is 5.32 Å². The first-order chi connectivity index (χ1) is 12.5. The first-order valence-electron chi connectivity index (χ1n) is 8.16. The van der Waals surface area contributed by atoms with Crippen LogP contribution in [0, 0.1) is 18.6 Å². The maximum absolute atomic E-state index is 13.7. The Morgan fingerprint density at radius 3 is 2.65 bits per heavy atom. The number of aromatic nitrogens is 2. The van der Waals surface area contributed by atoms with Crippen molar-refractivity contribution in [2.75, 3.05) is 5.32 Å². The average molecular weight is 357 g/mol. The standard InChI is InChI=1S/C19H17F2N3O2/c1-12-5-10-16(15(21)11-12)22-17(25)3-2-4-18-23-19(24-26-18)13-6-8-14(20)9-7-13/h5-11H,2-4H2,1H3,(H,22,25). The average Bonchev–Trinajstić information content (AvgIpc) is 3.07. The lowest BCUT2D eigenvalue weighted by Gasteiger charge is -2.06. The smallest absolute Gasteiger partial charge is 0.226 e. The number of hydrogen-bond acceptors (Lipinski definition) is 4. The van der Waals surface area contributed by atoms with E-state index in [4.69, 9.17) is 4.52 Å². The number of anilines is 1. The summed E-state index contributed by atoms with van der Waals surface area (Å²) < 4.78 is 31.8. The van der Waals surface area contributed by atoms with Crippen LogP contribution >= 0.6 is 0 Å². The molecular weight excluding hydrogens is 340 g/mol. The highest BCUT2D eigenvalue weighted by molar-refractivity contribution is 5.90. The third-order valence-electron chi connectivity index (χ3n) is 3.76. The van der Waals surface area contributed by atoms with E-state index in [2.05, 4.69) is 15.5 Å². The SMILES string of the molecule is Cc1ccc(NC(=O)CCCc2nc(-c3ccc(F)cc3)no2)c(F)c1. The molecule has 0 atom stereocenters. The molecule has 26 heavy (non-hydrogen) atoms. The lowest BCUT2D eigenvalue weighted by atomic mass is 10.2. The van der Waals surface area contributed by atoms with Crippen molar-refractivity contribution in [1.29, 1.82) is 0 Å². The maximum Gasteiger partial charge on any atom is 0.226 e. The summed E-state index contributed by atoms with van der Waals surface area (Å²) in [6.07, 6.45) is 1.09. The molecule has 0 radical (unpaired) electrons. The summed E-state index contributed by atoms with van der Waals surface area (Å²) in [5.74, 6) is -0.330. The molecular formula is C19H17F2N3O2. The Morgan fingerprint density at radius 1 is 1.15 bits per heavy atom. The molecule has 0 aliphatic rings. The van der Waals surface area contributed by atoms with Gasteiger partial charge in [0.05, 0.1) is 5.69 Å². The number of rotatable bonds is 6. The number of amides is 1. The predicted molar refractivity (Wildman–Crippen MR) is 92.4 cm³/mol. The fourth-order valence-corrected chi connectivity index (χ4v) is 2.41. The van der Waals surface area contributed by atoms with Gasteiger partial charge in [-0.2, -0.15) is 4.98 Å². The van der Waals surface area contributed by atoms with Gasteiger partial charge in [0.15, 0.2) is 0 Å². The molecule has 3 rings (SSSR count). The quantitative estimate of drug-likeness (QED) is 0.715. The molecule has 0 saturated heterocycles. The molecule has 1 heterocycles. The van der Waals surface area contributed by atoms with Crippen molar-refractivity contribution < 1.29 is 18.1 Å². The summed E-state index contributed by atoms with van der Waals surface area (Å²) >= 11 is 0. The Balaban J connectivity index is 1.50. The molecule has 0 saturated carbocycles. The van der Waals surface area contributed by atoms with E-state index in [1.165, 1.54) is 24.3 Å². The van der Waals surface area contributed by atoms with Crippen molar-refractivity contribution in [3.8, 4) is 11.4 Å². The van der Waals surface area contributed by atoms with Crippen LogP contribution in [0.5, 0.6) is 0 Å². The molecule has 5 nitrogen and oxygen atoms in total. The second kappa shape index (κ2) is 7.86. The van der Waals surface area contributed by atoms with Crippen molar-refractivity contribution >= 4 is 11.6 Å². The molecule has 2 aromatic carbocycles. The van der Waals surface area contributed by atoms with Crippen molar-refractivity contribution in [2.45, 2.75) is 26.2 Å². The molecule has 0 aliphatic carbocycles. The molecule has 1 N–H and O–H groups in total. The van der Waals surface area contributed by atoms with Gasteiger partial charge in [0.1, 0.15) is 11.6 Å². The number of carbonyl (C=O) groups excluding carboxylic acids is 1. The van der Waals surface area contributed by atoms with Crippen LogP contribution in [0.25, 0.3) is 11.4 Å². The fourth-order valence-electron chi connectivity index (χ4n) is 2.41. The van der Waals surface area contributed by atoms with E-state index in [0.717, 1.165) is 5.56 Å². The molecule has 3 aromatic rings. The summed E-state index contributed by atoms with van der Waals surface area (Å²) in [4.78, 5) is 16.1. The van der Waals surface area contributed by atoms with Gasteiger partial charge in [-0.05, 0) is 55.3 Å². The minimum atomic E-state index is -0.459. The van der Waals surface area contributed by atoms with E-state index < -0.39 is 5.82 Å². The summed E-state index contributed by atoms with van der Waals surface area (Å²) in [7, 11) is 0. The Hall–Kier alpha value is -3.09. The third-order valence-corrected chi connectivity index (χ3v) is 3.76. The molecule has 1 aromatic heterocycles. The predicted octanol–water partition coefficient (Wildman–Crippen LogP) is 4.28. The van der Waals surface area contributed by atoms with E-state index >= 15 is 0 Å². The summed E-state index contributed by atoms with van der Waals surface area (Å²) in [6.45, 7) is 1.78. The zero-order valence-electron chi connectivity index (χ0n) is 14.1. The van der Waals surface area contributed by atoms with Gasteiger partial charge in [-0.25, -0.2) is 8.78 Å². The van der Waals surface area contributed by atoms with Crippen LogP contribution in [0.3, 0.4) is 0 Å². The zero-order valence-corrected chi connectivity index (χ0v) is 14.1. The van der Waals surface area contributed by atoms with Gasteiger partial charge in [0.2, 0.25) is 17.6 Å². The Labute approximate surface area is 149 Å². The second-order valence-corrected chi connectivity index (χ2v) is 5.90. The highest BCUT2D eigenvalue weighted by Gasteiger charge is 2.11. The number of nitrogens with one attached hydrogen (secondary N) is 1. The molecule has 0 aliphatic heterocycles. The van der Waals surface area contributed by atoms with Crippen LogP contribution in [0.1, 0.15) is 24.3 Å². The molecule has 0 spiro atoms. The van der Waals surface area contributed by atoms with Crippen LogP contribution in [0.4, 0.5) is 14.5 Å². The molecule has 1 amide bonds. The van der Waals surface area contributed by atoms with E-state index in [-0.39, 0.29) is 23.8 Å². The highest BCUT2D eigenvalue weighted by atomic mass is 19.1.